The van der Waals surface area contributed by atoms with Crippen LogP contribution in [-0.4, -0.2) is 12.5 Å². The molecular formula is C9H12N2O2. The van der Waals surface area contributed by atoms with Crippen molar-refractivity contribution in [2.45, 2.75) is 6.92 Å². The summed E-state index contributed by atoms with van der Waals surface area (Å²) >= 11 is 0. The number of hydrogen-bond donors (Lipinski definition) is 2. The van der Waals surface area contributed by atoms with Crippen LogP contribution < -0.4 is 11.2 Å². The van der Waals surface area contributed by atoms with Gasteiger partial charge in [-0.05, 0) is 24.6 Å². The second-order valence-electron chi connectivity index (χ2n) is 2.73. The van der Waals surface area contributed by atoms with Gasteiger partial charge in [-0.2, -0.15) is 0 Å². The summed E-state index contributed by atoms with van der Waals surface area (Å²) in [4.78, 5) is 15.2. The molecule has 1 aromatic rings. The van der Waals surface area contributed by atoms with Crippen LogP contribution in [0, 0.1) is 6.92 Å². The Labute approximate surface area is 76.6 Å². The number of carbonyl (C=O) groups excluding carboxylic acids is 1. The van der Waals surface area contributed by atoms with E-state index in [4.69, 9.17) is 5.90 Å². The Kier molecular flexibility index (Phi) is 3.42. The monoisotopic (exact) mass is 180 g/mol. The molecule has 4 heteroatoms. The zero-order valence-electron chi connectivity index (χ0n) is 7.41. The van der Waals surface area contributed by atoms with Gasteiger partial charge in [0.2, 0.25) is 0 Å². The van der Waals surface area contributed by atoms with E-state index < -0.39 is 0 Å². The fourth-order valence-corrected chi connectivity index (χ4v) is 0.996. The second kappa shape index (κ2) is 4.59. The lowest BCUT2D eigenvalue weighted by Gasteiger charge is -2.04. The van der Waals surface area contributed by atoms with Crippen molar-refractivity contribution in [2.75, 3.05) is 11.9 Å². The molecule has 0 aliphatic carbocycles. The fourth-order valence-electron chi connectivity index (χ4n) is 0.996. The van der Waals surface area contributed by atoms with Crippen LogP contribution in [0.2, 0.25) is 0 Å². The summed E-state index contributed by atoms with van der Waals surface area (Å²) in [7, 11) is 0. The molecule has 13 heavy (non-hydrogen) atoms. The fraction of sp³-hybridized carbons (Fsp3) is 0.222. The Morgan fingerprint density at radius 2 is 2.38 bits per heavy atom. The molecule has 0 aliphatic rings. The number of nitrogens with two attached hydrogens (primary N) is 1. The predicted molar refractivity (Wildman–Crippen MR) is 49.9 cm³/mol. The first kappa shape index (κ1) is 9.70. The molecule has 4 nitrogen and oxygen atoms in total. The molecule has 0 atom stereocenters. The minimum absolute atomic E-state index is 0.131. The first-order valence-corrected chi connectivity index (χ1v) is 3.90. The van der Waals surface area contributed by atoms with Crippen LogP contribution in [0.4, 0.5) is 5.69 Å². The highest BCUT2D eigenvalue weighted by Crippen LogP contribution is 2.08. The van der Waals surface area contributed by atoms with Crippen LogP contribution >= 0.6 is 0 Å². The summed E-state index contributed by atoms with van der Waals surface area (Å²) in [6.07, 6.45) is 0. The molecule has 0 aliphatic heterocycles. The van der Waals surface area contributed by atoms with Gasteiger partial charge >= 0.3 is 0 Å². The minimum Gasteiger partial charge on any atom is -0.324 e. The second-order valence-corrected chi connectivity index (χ2v) is 2.73. The van der Waals surface area contributed by atoms with Gasteiger partial charge in [-0.15, -0.1) is 0 Å². The number of amides is 1. The molecule has 0 saturated heterocycles. The molecule has 0 saturated carbocycles. The lowest BCUT2D eigenvalue weighted by molar-refractivity contribution is -0.120. The van der Waals surface area contributed by atoms with Crippen molar-refractivity contribution in [3.05, 3.63) is 29.8 Å². The molecule has 0 radical (unpaired) electrons. The predicted octanol–water partition coefficient (Wildman–Crippen LogP) is 0.824. The van der Waals surface area contributed by atoms with Gasteiger partial charge in [-0.25, -0.2) is 5.90 Å². The maximum Gasteiger partial charge on any atom is 0.252 e. The topological polar surface area (TPSA) is 64.3 Å². The van der Waals surface area contributed by atoms with Crippen molar-refractivity contribution in [1.82, 2.24) is 0 Å². The van der Waals surface area contributed by atoms with E-state index in [-0.39, 0.29) is 12.5 Å². The number of carbonyl (C=O) groups is 1. The van der Waals surface area contributed by atoms with Gasteiger partial charge in [-0.3, -0.25) is 9.63 Å². The van der Waals surface area contributed by atoms with Crippen LogP contribution in [-0.2, 0) is 9.63 Å². The summed E-state index contributed by atoms with van der Waals surface area (Å²) in [5.41, 5.74) is 1.84. The first-order chi connectivity index (χ1) is 6.22. The number of benzene rings is 1. The molecule has 0 unspecified atom stereocenters. The van der Waals surface area contributed by atoms with Gasteiger partial charge in [0.1, 0.15) is 6.61 Å². The highest BCUT2D eigenvalue weighted by atomic mass is 16.6. The molecule has 0 fully saturated rings. The molecule has 1 aromatic carbocycles. The Morgan fingerprint density at radius 1 is 1.62 bits per heavy atom. The largest absolute Gasteiger partial charge is 0.324 e. The summed E-state index contributed by atoms with van der Waals surface area (Å²) < 4.78 is 0. The summed E-state index contributed by atoms with van der Waals surface area (Å²) in [6, 6.07) is 7.50. The van der Waals surface area contributed by atoms with Gasteiger partial charge < -0.3 is 5.32 Å². The highest BCUT2D eigenvalue weighted by molar-refractivity contribution is 5.91. The Hall–Kier alpha value is -1.39. The van der Waals surface area contributed by atoms with Gasteiger partial charge in [-0.1, -0.05) is 12.1 Å². The van der Waals surface area contributed by atoms with Crippen molar-refractivity contribution in [2.24, 2.45) is 5.90 Å². The first-order valence-electron chi connectivity index (χ1n) is 3.90. The molecule has 0 aromatic heterocycles. The normalized spacial score (nSPS) is 9.69. The van der Waals surface area contributed by atoms with Crippen molar-refractivity contribution in [1.29, 1.82) is 0 Å². The third-order valence-electron chi connectivity index (χ3n) is 1.52. The third-order valence-corrected chi connectivity index (χ3v) is 1.52. The van der Waals surface area contributed by atoms with E-state index in [0.717, 1.165) is 11.3 Å². The molecule has 70 valence electrons. The SMILES string of the molecule is Cc1cccc(NC(=O)CON)c1. The number of hydrogen-bond acceptors (Lipinski definition) is 3. The Morgan fingerprint density at radius 3 is 3.00 bits per heavy atom. The van der Waals surface area contributed by atoms with Crippen LogP contribution in [0.15, 0.2) is 24.3 Å². The highest BCUT2D eigenvalue weighted by Gasteiger charge is 2.00. The third kappa shape index (κ3) is 3.23. The van der Waals surface area contributed by atoms with E-state index in [1.807, 2.05) is 25.1 Å². The van der Waals surface area contributed by atoms with E-state index >= 15 is 0 Å². The van der Waals surface area contributed by atoms with E-state index in [9.17, 15) is 4.79 Å². The number of aryl methyl sites for hydroxylation is 1. The van der Waals surface area contributed by atoms with Crippen LogP contribution in [0.5, 0.6) is 0 Å². The van der Waals surface area contributed by atoms with Crippen LogP contribution in [0.1, 0.15) is 5.56 Å². The number of rotatable bonds is 3. The van der Waals surface area contributed by atoms with Gasteiger partial charge in [0.05, 0.1) is 0 Å². The maximum atomic E-state index is 11.0. The van der Waals surface area contributed by atoms with Crippen molar-refractivity contribution >= 4 is 11.6 Å². The van der Waals surface area contributed by atoms with Gasteiger partial charge in [0, 0.05) is 5.69 Å². The van der Waals surface area contributed by atoms with E-state index in [1.54, 1.807) is 6.07 Å². The summed E-state index contributed by atoms with van der Waals surface area (Å²) in [6.45, 7) is 1.82. The maximum absolute atomic E-state index is 11.0. The summed E-state index contributed by atoms with van der Waals surface area (Å²) in [5.74, 6) is 4.50. The molecule has 0 spiro atoms. The molecular weight excluding hydrogens is 168 g/mol. The smallest absolute Gasteiger partial charge is 0.252 e. The van der Waals surface area contributed by atoms with Gasteiger partial charge in [0.15, 0.2) is 0 Å². The van der Waals surface area contributed by atoms with Crippen molar-refractivity contribution in [3.63, 3.8) is 0 Å². The Bertz CT molecular complexity index is 299. The number of nitrogens with one attached hydrogen (secondary N) is 1. The zero-order chi connectivity index (χ0) is 9.68. The average molecular weight is 180 g/mol. The average Bonchev–Trinajstić information content (AvgIpc) is 2.04. The molecule has 0 heterocycles. The van der Waals surface area contributed by atoms with Crippen molar-refractivity contribution in [3.8, 4) is 0 Å². The molecule has 3 N–H and O–H groups in total. The molecule has 1 rings (SSSR count). The van der Waals surface area contributed by atoms with Crippen LogP contribution in [0.3, 0.4) is 0 Å². The summed E-state index contributed by atoms with van der Waals surface area (Å²) in [5, 5.41) is 2.64. The quantitative estimate of drug-likeness (QED) is 0.677. The standard InChI is InChI=1S/C9H12N2O2/c1-7-3-2-4-8(5-7)11-9(12)6-13-10/h2-5H,6,10H2,1H3,(H,11,12). The molecule has 0 bridgehead atoms. The van der Waals surface area contributed by atoms with E-state index in [1.165, 1.54) is 0 Å². The lowest BCUT2D eigenvalue weighted by atomic mass is 10.2. The molecule has 1 amide bonds. The minimum atomic E-state index is -0.256. The van der Waals surface area contributed by atoms with Crippen molar-refractivity contribution < 1.29 is 9.63 Å². The Balaban J connectivity index is 2.58. The van der Waals surface area contributed by atoms with E-state index in [2.05, 4.69) is 10.2 Å². The number of anilines is 1. The zero-order valence-corrected chi connectivity index (χ0v) is 7.41. The van der Waals surface area contributed by atoms with Crippen LogP contribution in [0.25, 0.3) is 0 Å². The van der Waals surface area contributed by atoms with Gasteiger partial charge in [0.25, 0.3) is 5.91 Å². The van der Waals surface area contributed by atoms with E-state index in [0.29, 0.717) is 0 Å². The lowest BCUT2D eigenvalue weighted by Crippen LogP contribution is -2.20.